The van der Waals surface area contributed by atoms with Crippen molar-refractivity contribution in [2.45, 2.75) is 59.4 Å². The standard InChI is InChI=1S/C18H31NO3S/c1-14(2)7-5-8-15(3)9-6-10-16(4)11-12-19(22)17(13-23)18(20)21/h7,9,11,17,19,23H,5-6,8,10,12-13H2,1-4H3,(H,20,21)/t17-/m0/s1. The van der Waals surface area contributed by atoms with E-state index in [0.29, 0.717) is 0 Å². The monoisotopic (exact) mass is 341 g/mol. The summed E-state index contributed by atoms with van der Waals surface area (Å²) >= 11 is 3.92. The van der Waals surface area contributed by atoms with Gasteiger partial charge in [-0.3, -0.25) is 0 Å². The van der Waals surface area contributed by atoms with Gasteiger partial charge >= 0.3 is 5.97 Å². The summed E-state index contributed by atoms with van der Waals surface area (Å²) in [5.41, 5.74) is 3.85. The molecule has 2 atom stereocenters. The maximum atomic E-state index is 11.8. The quantitative estimate of drug-likeness (QED) is 0.307. The number of carbonyl (C=O) groups is 1. The van der Waals surface area contributed by atoms with Crippen molar-refractivity contribution < 1.29 is 15.0 Å². The van der Waals surface area contributed by atoms with Crippen LogP contribution >= 0.6 is 12.6 Å². The van der Waals surface area contributed by atoms with E-state index in [1.807, 2.05) is 13.0 Å². The molecule has 0 aromatic rings. The van der Waals surface area contributed by atoms with Crippen LogP contribution in [0.3, 0.4) is 0 Å². The molecule has 0 saturated heterocycles. The van der Waals surface area contributed by atoms with Gasteiger partial charge in [0.25, 0.3) is 0 Å². The summed E-state index contributed by atoms with van der Waals surface area (Å²) in [4.78, 5) is 10.9. The van der Waals surface area contributed by atoms with Gasteiger partial charge in [-0.1, -0.05) is 28.9 Å². The van der Waals surface area contributed by atoms with Gasteiger partial charge < -0.3 is 15.4 Å². The molecule has 0 fully saturated rings. The molecule has 0 amide bonds. The van der Waals surface area contributed by atoms with Gasteiger partial charge in [0.2, 0.25) is 0 Å². The zero-order valence-electron chi connectivity index (χ0n) is 14.8. The first-order valence-corrected chi connectivity index (χ1v) is 8.72. The average Bonchev–Trinajstić information content (AvgIpc) is 2.45. The third-order valence-electron chi connectivity index (χ3n) is 3.64. The van der Waals surface area contributed by atoms with Crippen molar-refractivity contribution >= 4 is 18.6 Å². The summed E-state index contributed by atoms with van der Waals surface area (Å²) < 4.78 is 0. The molecule has 0 heterocycles. The lowest BCUT2D eigenvalue weighted by Crippen LogP contribution is -3.12. The molecule has 0 rings (SSSR count). The predicted molar refractivity (Wildman–Crippen MR) is 99.9 cm³/mol. The highest BCUT2D eigenvalue weighted by atomic mass is 32.1. The van der Waals surface area contributed by atoms with Gasteiger partial charge in [-0.05, 0) is 59.5 Å². The normalized spacial score (nSPS) is 15.2. The zero-order chi connectivity index (χ0) is 17.8. The number of quaternary nitrogens is 1. The fourth-order valence-corrected chi connectivity index (χ4v) is 2.43. The maximum Gasteiger partial charge on any atom is 0.363 e. The lowest BCUT2D eigenvalue weighted by Gasteiger charge is -2.26. The summed E-state index contributed by atoms with van der Waals surface area (Å²) in [5.74, 6) is -1.04. The molecule has 0 aromatic carbocycles. The first-order valence-electron chi connectivity index (χ1n) is 8.09. The van der Waals surface area contributed by atoms with Crippen LogP contribution in [0.25, 0.3) is 0 Å². The van der Waals surface area contributed by atoms with Crippen molar-refractivity contribution in [3.05, 3.63) is 40.2 Å². The van der Waals surface area contributed by atoms with Crippen LogP contribution in [0.4, 0.5) is 0 Å². The van der Waals surface area contributed by atoms with Gasteiger partial charge in [0.1, 0.15) is 0 Å². The highest BCUT2D eigenvalue weighted by Gasteiger charge is 2.21. The van der Waals surface area contributed by atoms with Gasteiger partial charge in [-0.2, -0.15) is 12.6 Å². The molecule has 5 heteroatoms. The van der Waals surface area contributed by atoms with E-state index in [-0.39, 0.29) is 17.4 Å². The van der Waals surface area contributed by atoms with Crippen LogP contribution < -0.4 is 5.06 Å². The largest absolute Gasteiger partial charge is 0.633 e. The topological polar surface area (TPSA) is 64.8 Å². The lowest BCUT2D eigenvalue weighted by atomic mass is 10.1. The number of hydrogen-bond acceptors (Lipinski definition) is 3. The summed E-state index contributed by atoms with van der Waals surface area (Å²) in [6, 6.07) is -1.00. The van der Waals surface area contributed by atoms with Gasteiger partial charge in [0.05, 0.1) is 12.3 Å². The number of hydroxylamine groups is 2. The van der Waals surface area contributed by atoms with Crippen molar-refractivity contribution in [3.63, 3.8) is 0 Å². The first-order chi connectivity index (χ1) is 10.8. The fraction of sp³-hybridized carbons (Fsp3) is 0.611. The second-order valence-corrected chi connectivity index (χ2v) is 6.57. The van der Waals surface area contributed by atoms with Crippen molar-refractivity contribution in [3.8, 4) is 0 Å². The third kappa shape index (κ3) is 11.2. The zero-order valence-corrected chi connectivity index (χ0v) is 15.7. The molecule has 0 aliphatic rings. The molecule has 4 nitrogen and oxygen atoms in total. The molecule has 0 aliphatic carbocycles. The molecule has 0 aromatic heterocycles. The van der Waals surface area contributed by atoms with E-state index in [0.717, 1.165) is 31.3 Å². The van der Waals surface area contributed by atoms with E-state index in [1.165, 1.54) is 11.1 Å². The van der Waals surface area contributed by atoms with Crippen molar-refractivity contribution in [1.29, 1.82) is 0 Å². The Morgan fingerprint density at radius 2 is 1.61 bits per heavy atom. The minimum absolute atomic E-state index is 0.0503. The number of carboxylic acid groups (broad SMARTS) is 1. The lowest BCUT2D eigenvalue weighted by molar-refractivity contribution is -0.856. The number of rotatable bonds is 11. The molecule has 0 radical (unpaired) electrons. The Balaban J connectivity index is 4.20. The molecule has 0 bridgehead atoms. The Kier molecular flexibility index (Phi) is 11.8. The summed E-state index contributed by atoms with van der Waals surface area (Å²) in [5, 5.41) is 20.4. The molecule has 0 saturated carbocycles. The van der Waals surface area contributed by atoms with E-state index in [2.05, 4.69) is 45.6 Å². The Morgan fingerprint density at radius 3 is 2.09 bits per heavy atom. The second kappa shape index (κ2) is 12.4. The molecule has 0 spiro atoms. The molecular weight excluding hydrogens is 310 g/mol. The van der Waals surface area contributed by atoms with Gasteiger partial charge in [0.15, 0.2) is 6.04 Å². The fourth-order valence-electron chi connectivity index (χ4n) is 2.07. The molecule has 2 N–H and O–H groups in total. The van der Waals surface area contributed by atoms with Crippen LogP contribution in [0.15, 0.2) is 34.9 Å². The third-order valence-corrected chi connectivity index (χ3v) is 4.01. The van der Waals surface area contributed by atoms with Crippen molar-refractivity contribution in [2.75, 3.05) is 12.3 Å². The smallest absolute Gasteiger partial charge is 0.363 e. The Labute approximate surface area is 145 Å². The SMILES string of the molecule is CC(C)=CCCC(C)=CCCC(C)=CC[NH+]([O-])[C@@H](CS)C(=O)O. The van der Waals surface area contributed by atoms with Crippen LogP contribution in [0, 0.1) is 5.21 Å². The van der Waals surface area contributed by atoms with Crippen molar-refractivity contribution in [2.24, 2.45) is 0 Å². The first kappa shape index (κ1) is 22.0. The van der Waals surface area contributed by atoms with Gasteiger partial charge in [-0.25, -0.2) is 4.79 Å². The van der Waals surface area contributed by atoms with E-state index in [1.54, 1.807) is 0 Å². The van der Waals surface area contributed by atoms with Crippen LogP contribution in [0.1, 0.15) is 53.4 Å². The molecular formula is C18H31NO3S. The maximum absolute atomic E-state index is 11.8. The van der Waals surface area contributed by atoms with Crippen LogP contribution in [-0.4, -0.2) is 29.4 Å². The second-order valence-electron chi connectivity index (χ2n) is 6.20. The number of allylic oxidation sites excluding steroid dienone is 5. The highest BCUT2D eigenvalue weighted by molar-refractivity contribution is 7.80. The number of aliphatic carboxylic acids is 1. The van der Waals surface area contributed by atoms with E-state index >= 15 is 0 Å². The summed E-state index contributed by atoms with van der Waals surface area (Å²) in [7, 11) is 0. The number of thiol groups is 1. The number of nitrogens with one attached hydrogen (secondary N) is 1. The Bertz CT molecular complexity index is 451. The van der Waals surface area contributed by atoms with Crippen LogP contribution in [0.5, 0.6) is 0 Å². The predicted octanol–water partition coefficient (Wildman–Crippen LogP) is 3.17. The highest BCUT2D eigenvalue weighted by Crippen LogP contribution is 2.11. The minimum Gasteiger partial charge on any atom is -0.633 e. The van der Waals surface area contributed by atoms with Crippen molar-refractivity contribution in [1.82, 2.24) is 0 Å². The Hall–Kier alpha value is -1.04. The number of hydrogen-bond donors (Lipinski definition) is 3. The number of carboxylic acids is 1. The Morgan fingerprint density at radius 1 is 1.09 bits per heavy atom. The molecule has 1 unspecified atom stereocenters. The van der Waals surface area contributed by atoms with Gasteiger partial charge in [0, 0.05) is 0 Å². The molecule has 23 heavy (non-hydrogen) atoms. The summed E-state index contributed by atoms with van der Waals surface area (Å²) in [6.07, 6.45) is 10.3. The van der Waals surface area contributed by atoms with E-state index in [4.69, 9.17) is 5.11 Å². The van der Waals surface area contributed by atoms with Crippen LogP contribution in [0.2, 0.25) is 0 Å². The minimum atomic E-state index is -1.09. The van der Waals surface area contributed by atoms with Gasteiger partial charge in [-0.15, -0.1) is 0 Å². The van der Waals surface area contributed by atoms with E-state index in [9.17, 15) is 10.0 Å². The van der Waals surface area contributed by atoms with Crippen LogP contribution in [-0.2, 0) is 4.79 Å². The summed E-state index contributed by atoms with van der Waals surface area (Å²) in [6.45, 7) is 8.52. The molecule has 0 aliphatic heterocycles. The average molecular weight is 342 g/mol. The van der Waals surface area contributed by atoms with E-state index < -0.39 is 12.0 Å². The molecule has 132 valence electrons.